The Morgan fingerprint density at radius 1 is 1.18 bits per heavy atom. The molecule has 0 aliphatic heterocycles. The van der Waals surface area contributed by atoms with E-state index >= 15 is 0 Å². The van der Waals surface area contributed by atoms with Gasteiger partial charge in [0.15, 0.2) is 5.13 Å². The van der Waals surface area contributed by atoms with E-state index in [-0.39, 0.29) is 5.91 Å². The molecule has 112 valence electrons. The highest BCUT2D eigenvalue weighted by atomic mass is 32.1. The fourth-order valence-corrected chi connectivity index (χ4v) is 3.25. The molecule has 1 amide bonds. The molecule has 0 fully saturated rings. The number of nitrogens with zero attached hydrogens (tertiary/aromatic N) is 1. The van der Waals surface area contributed by atoms with Crippen molar-refractivity contribution in [3.63, 3.8) is 0 Å². The van der Waals surface area contributed by atoms with Crippen LogP contribution in [-0.4, -0.2) is 18.0 Å². The van der Waals surface area contributed by atoms with Gasteiger partial charge in [-0.1, -0.05) is 29.5 Å². The first-order valence-corrected chi connectivity index (χ1v) is 7.72. The van der Waals surface area contributed by atoms with Gasteiger partial charge in [-0.05, 0) is 43.2 Å². The Bertz CT molecular complexity index is 816. The van der Waals surface area contributed by atoms with Crippen LogP contribution in [0, 0.1) is 13.8 Å². The Morgan fingerprint density at radius 2 is 1.95 bits per heavy atom. The van der Waals surface area contributed by atoms with Crippen LogP contribution in [0.15, 0.2) is 36.4 Å². The normalized spacial score (nSPS) is 10.7. The van der Waals surface area contributed by atoms with Crippen molar-refractivity contribution in [1.82, 2.24) is 4.98 Å². The van der Waals surface area contributed by atoms with Crippen molar-refractivity contribution in [3.05, 3.63) is 53.1 Å². The van der Waals surface area contributed by atoms with Gasteiger partial charge in [-0.3, -0.25) is 10.1 Å². The summed E-state index contributed by atoms with van der Waals surface area (Å²) in [4.78, 5) is 16.9. The zero-order valence-corrected chi connectivity index (χ0v) is 13.5. The minimum absolute atomic E-state index is 0.187. The Kier molecular flexibility index (Phi) is 3.81. The van der Waals surface area contributed by atoms with Crippen molar-refractivity contribution in [2.45, 2.75) is 13.8 Å². The number of amides is 1. The first kappa shape index (κ1) is 14.5. The lowest BCUT2D eigenvalue weighted by atomic mass is 10.1. The van der Waals surface area contributed by atoms with Gasteiger partial charge in [-0.2, -0.15) is 0 Å². The smallest absolute Gasteiger partial charge is 0.257 e. The quantitative estimate of drug-likeness (QED) is 0.789. The molecular weight excluding hydrogens is 296 g/mol. The van der Waals surface area contributed by atoms with Crippen molar-refractivity contribution < 1.29 is 9.53 Å². The molecule has 0 saturated carbocycles. The number of thiazole rings is 1. The number of aryl methyl sites for hydroxylation is 2. The molecule has 0 saturated heterocycles. The zero-order chi connectivity index (χ0) is 15.7. The molecule has 1 aromatic heterocycles. The van der Waals surface area contributed by atoms with Crippen LogP contribution in [0.2, 0.25) is 0 Å². The number of hydrogen-bond acceptors (Lipinski definition) is 4. The average molecular weight is 312 g/mol. The molecule has 0 spiro atoms. The molecule has 0 atom stereocenters. The van der Waals surface area contributed by atoms with Gasteiger partial charge in [0.2, 0.25) is 0 Å². The minimum Gasteiger partial charge on any atom is -0.497 e. The predicted octanol–water partition coefficient (Wildman–Crippen LogP) is 4.17. The van der Waals surface area contributed by atoms with Crippen LogP contribution in [0.4, 0.5) is 5.13 Å². The molecular formula is C17H16N2O2S. The number of carbonyl (C=O) groups is 1. The van der Waals surface area contributed by atoms with Gasteiger partial charge < -0.3 is 4.74 Å². The second-order valence-corrected chi connectivity index (χ2v) is 6.08. The topological polar surface area (TPSA) is 51.2 Å². The molecule has 2 aromatic carbocycles. The second-order valence-electron chi connectivity index (χ2n) is 5.08. The number of carbonyl (C=O) groups excluding carboxylic acids is 1. The molecule has 0 unspecified atom stereocenters. The van der Waals surface area contributed by atoms with Crippen LogP contribution >= 0.6 is 11.3 Å². The average Bonchev–Trinajstić information content (AvgIpc) is 2.96. The number of aromatic nitrogens is 1. The van der Waals surface area contributed by atoms with E-state index in [1.165, 1.54) is 16.9 Å². The third-order valence-electron chi connectivity index (χ3n) is 3.49. The third-order valence-corrected chi connectivity index (χ3v) is 4.60. The number of nitrogens with one attached hydrogen (secondary N) is 1. The highest BCUT2D eigenvalue weighted by Crippen LogP contribution is 2.31. The molecule has 0 bridgehead atoms. The lowest BCUT2D eigenvalue weighted by molar-refractivity contribution is 0.102. The molecule has 0 aliphatic carbocycles. The van der Waals surface area contributed by atoms with Crippen molar-refractivity contribution >= 4 is 32.6 Å². The summed E-state index contributed by atoms with van der Waals surface area (Å²) in [5.41, 5.74) is 3.77. The van der Waals surface area contributed by atoms with Crippen LogP contribution in [0.1, 0.15) is 21.5 Å². The Hall–Kier alpha value is -2.40. The van der Waals surface area contributed by atoms with Crippen LogP contribution in [0.5, 0.6) is 5.75 Å². The standard InChI is InChI=1S/C17H16N2O2S/c1-10-7-8-11(2)15-14(10)18-17(22-15)19-16(20)12-5-4-6-13(9-12)21-3/h4-9H,1-3H3,(H,18,19,20). The highest BCUT2D eigenvalue weighted by Gasteiger charge is 2.12. The Morgan fingerprint density at radius 3 is 2.68 bits per heavy atom. The molecule has 3 rings (SSSR count). The van der Waals surface area contributed by atoms with E-state index in [9.17, 15) is 4.79 Å². The van der Waals surface area contributed by atoms with Gasteiger partial charge in [0.05, 0.1) is 17.3 Å². The van der Waals surface area contributed by atoms with E-state index in [0.717, 1.165) is 15.8 Å². The maximum atomic E-state index is 12.3. The van der Waals surface area contributed by atoms with Crippen molar-refractivity contribution in [3.8, 4) is 5.75 Å². The van der Waals surface area contributed by atoms with Crippen LogP contribution in [0.3, 0.4) is 0 Å². The lowest BCUT2D eigenvalue weighted by Crippen LogP contribution is -2.11. The van der Waals surface area contributed by atoms with E-state index in [2.05, 4.69) is 16.4 Å². The largest absolute Gasteiger partial charge is 0.497 e. The van der Waals surface area contributed by atoms with E-state index in [0.29, 0.717) is 16.4 Å². The van der Waals surface area contributed by atoms with E-state index in [1.807, 2.05) is 19.9 Å². The van der Waals surface area contributed by atoms with Gasteiger partial charge in [0.25, 0.3) is 5.91 Å². The number of hydrogen-bond donors (Lipinski definition) is 1. The SMILES string of the molecule is COc1cccc(C(=O)Nc2nc3c(C)ccc(C)c3s2)c1. The summed E-state index contributed by atoms with van der Waals surface area (Å²) in [6.07, 6.45) is 0. The summed E-state index contributed by atoms with van der Waals surface area (Å²) in [5.74, 6) is 0.469. The van der Waals surface area contributed by atoms with E-state index in [4.69, 9.17) is 4.74 Å². The van der Waals surface area contributed by atoms with Gasteiger partial charge in [-0.25, -0.2) is 4.98 Å². The maximum Gasteiger partial charge on any atom is 0.257 e. The molecule has 3 aromatic rings. The molecule has 1 N–H and O–H groups in total. The van der Waals surface area contributed by atoms with Crippen molar-refractivity contribution in [1.29, 1.82) is 0 Å². The summed E-state index contributed by atoms with van der Waals surface area (Å²) in [6.45, 7) is 4.07. The molecule has 22 heavy (non-hydrogen) atoms. The predicted molar refractivity (Wildman–Crippen MR) is 90.0 cm³/mol. The molecule has 1 heterocycles. The lowest BCUT2D eigenvalue weighted by Gasteiger charge is -2.04. The summed E-state index contributed by atoms with van der Waals surface area (Å²) in [6, 6.07) is 11.2. The molecule has 0 aliphatic rings. The first-order chi connectivity index (χ1) is 10.6. The fraction of sp³-hybridized carbons (Fsp3) is 0.176. The number of fused-ring (bicyclic) bond motifs is 1. The van der Waals surface area contributed by atoms with Crippen LogP contribution in [0.25, 0.3) is 10.2 Å². The number of methoxy groups -OCH3 is 1. The van der Waals surface area contributed by atoms with Crippen LogP contribution in [-0.2, 0) is 0 Å². The zero-order valence-electron chi connectivity index (χ0n) is 12.6. The Labute approximate surface area is 132 Å². The van der Waals surface area contributed by atoms with E-state index in [1.54, 1.807) is 31.4 Å². The fourth-order valence-electron chi connectivity index (χ4n) is 2.25. The number of anilines is 1. The van der Waals surface area contributed by atoms with Gasteiger partial charge in [0.1, 0.15) is 5.75 Å². The molecule has 0 radical (unpaired) electrons. The van der Waals surface area contributed by atoms with Gasteiger partial charge >= 0.3 is 0 Å². The van der Waals surface area contributed by atoms with Crippen LogP contribution < -0.4 is 10.1 Å². The third kappa shape index (κ3) is 2.67. The summed E-state index contributed by atoms with van der Waals surface area (Å²) < 4.78 is 6.25. The minimum atomic E-state index is -0.187. The monoisotopic (exact) mass is 312 g/mol. The molecule has 5 heteroatoms. The summed E-state index contributed by atoms with van der Waals surface area (Å²) in [5, 5.41) is 3.48. The van der Waals surface area contributed by atoms with Gasteiger partial charge in [-0.15, -0.1) is 0 Å². The highest BCUT2D eigenvalue weighted by molar-refractivity contribution is 7.22. The first-order valence-electron chi connectivity index (χ1n) is 6.90. The van der Waals surface area contributed by atoms with Crippen molar-refractivity contribution in [2.24, 2.45) is 0 Å². The molecule has 4 nitrogen and oxygen atoms in total. The van der Waals surface area contributed by atoms with Crippen molar-refractivity contribution in [2.75, 3.05) is 12.4 Å². The summed E-state index contributed by atoms with van der Waals surface area (Å²) >= 11 is 1.50. The maximum absolute atomic E-state index is 12.3. The Balaban J connectivity index is 1.91. The van der Waals surface area contributed by atoms with Gasteiger partial charge in [0, 0.05) is 5.56 Å². The summed E-state index contributed by atoms with van der Waals surface area (Å²) in [7, 11) is 1.58. The van der Waals surface area contributed by atoms with E-state index < -0.39 is 0 Å². The second kappa shape index (κ2) is 5.77. The number of rotatable bonds is 3. The number of benzene rings is 2. The number of ether oxygens (including phenoxy) is 1.